The minimum Gasteiger partial charge on any atom is -0.333 e. The molecule has 124 valence electrons. The van der Waals surface area contributed by atoms with Gasteiger partial charge in [0.15, 0.2) is 9.84 Å². The van der Waals surface area contributed by atoms with Crippen LogP contribution in [0.3, 0.4) is 0 Å². The molecule has 0 amide bonds. The van der Waals surface area contributed by atoms with Crippen molar-refractivity contribution in [1.29, 1.82) is 0 Å². The number of hydrogen-bond acceptors (Lipinski definition) is 3. The highest BCUT2D eigenvalue weighted by Crippen LogP contribution is 2.16. The SMILES string of the molecule is CSc1ccc(C[NH+](C)CCS(=O)(=O)c2ccc(Br)cc2)cc1. The second-order valence-electron chi connectivity index (χ2n) is 5.50. The number of sulfone groups is 1. The van der Waals surface area contributed by atoms with Crippen LogP contribution < -0.4 is 4.90 Å². The van der Waals surface area contributed by atoms with E-state index in [1.54, 1.807) is 36.0 Å². The fourth-order valence-electron chi connectivity index (χ4n) is 2.25. The molecule has 2 aromatic rings. The number of halogens is 1. The van der Waals surface area contributed by atoms with Gasteiger partial charge in [-0.2, -0.15) is 0 Å². The molecule has 1 N–H and O–H groups in total. The van der Waals surface area contributed by atoms with Crippen molar-refractivity contribution in [2.24, 2.45) is 0 Å². The lowest BCUT2D eigenvalue weighted by Gasteiger charge is -2.14. The maximum absolute atomic E-state index is 12.4. The summed E-state index contributed by atoms with van der Waals surface area (Å²) < 4.78 is 25.6. The van der Waals surface area contributed by atoms with Crippen LogP contribution in [0.25, 0.3) is 0 Å². The van der Waals surface area contributed by atoms with Crippen LogP contribution in [0.1, 0.15) is 5.56 Å². The zero-order valence-corrected chi connectivity index (χ0v) is 16.5. The molecule has 2 aromatic carbocycles. The normalized spacial score (nSPS) is 13.0. The fourth-order valence-corrected chi connectivity index (χ4v) is 4.32. The number of quaternary nitrogens is 1. The number of hydrogen-bond donors (Lipinski definition) is 1. The van der Waals surface area contributed by atoms with Gasteiger partial charge in [0.1, 0.15) is 12.3 Å². The van der Waals surface area contributed by atoms with Crippen LogP contribution in [-0.4, -0.2) is 34.0 Å². The van der Waals surface area contributed by atoms with E-state index in [1.165, 1.54) is 15.4 Å². The Bertz CT molecular complexity index is 728. The first-order valence-electron chi connectivity index (χ1n) is 7.33. The molecule has 2 rings (SSSR count). The third-order valence-electron chi connectivity index (χ3n) is 3.64. The summed E-state index contributed by atoms with van der Waals surface area (Å²) >= 11 is 5.04. The fraction of sp³-hybridized carbons (Fsp3) is 0.294. The van der Waals surface area contributed by atoms with Crippen molar-refractivity contribution in [3.63, 3.8) is 0 Å². The summed E-state index contributed by atoms with van der Waals surface area (Å²) in [7, 11) is -1.19. The Hall–Kier alpha value is -0.820. The van der Waals surface area contributed by atoms with Gasteiger partial charge in [0.25, 0.3) is 0 Å². The van der Waals surface area contributed by atoms with E-state index in [1.807, 2.05) is 7.05 Å². The highest BCUT2D eigenvalue weighted by molar-refractivity contribution is 9.10. The summed E-state index contributed by atoms with van der Waals surface area (Å²) in [5, 5.41) is 0. The Balaban J connectivity index is 1.92. The molecule has 0 heterocycles. The van der Waals surface area contributed by atoms with Crippen LogP contribution in [0.15, 0.2) is 62.8 Å². The Morgan fingerprint density at radius 3 is 2.22 bits per heavy atom. The molecule has 0 bridgehead atoms. The van der Waals surface area contributed by atoms with Gasteiger partial charge in [0.05, 0.1) is 18.5 Å². The molecule has 0 fully saturated rings. The molecule has 0 saturated heterocycles. The van der Waals surface area contributed by atoms with Crippen LogP contribution in [0.2, 0.25) is 0 Å². The number of benzene rings is 2. The van der Waals surface area contributed by atoms with E-state index in [9.17, 15) is 8.42 Å². The van der Waals surface area contributed by atoms with Gasteiger partial charge in [-0.3, -0.25) is 0 Å². The standard InChI is InChI=1S/C17H20BrNO2S2/c1-19(13-14-3-7-16(22-2)8-4-14)11-12-23(20,21)17-9-5-15(18)6-10-17/h3-10H,11-13H2,1-2H3/p+1. The molecular weight excluding hydrogens is 394 g/mol. The second-order valence-corrected chi connectivity index (χ2v) is 9.41. The molecule has 3 nitrogen and oxygen atoms in total. The lowest BCUT2D eigenvalue weighted by atomic mass is 10.2. The molecule has 0 aliphatic heterocycles. The lowest BCUT2D eigenvalue weighted by Crippen LogP contribution is -3.08. The zero-order valence-electron chi connectivity index (χ0n) is 13.3. The van der Waals surface area contributed by atoms with Crippen molar-refractivity contribution in [1.82, 2.24) is 0 Å². The number of thioether (sulfide) groups is 1. The third kappa shape index (κ3) is 5.64. The van der Waals surface area contributed by atoms with Gasteiger partial charge in [-0.15, -0.1) is 11.8 Å². The average Bonchev–Trinajstić information content (AvgIpc) is 2.54. The van der Waals surface area contributed by atoms with Crippen molar-refractivity contribution >= 4 is 37.5 Å². The molecule has 0 aliphatic rings. The summed E-state index contributed by atoms with van der Waals surface area (Å²) in [5.41, 5.74) is 1.22. The van der Waals surface area contributed by atoms with Crippen molar-refractivity contribution in [2.45, 2.75) is 16.3 Å². The van der Waals surface area contributed by atoms with Crippen LogP contribution >= 0.6 is 27.7 Å². The van der Waals surface area contributed by atoms with Crippen molar-refractivity contribution < 1.29 is 13.3 Å². The number of rotatable bonds is 7. The van der Waals surface area contributed by atoms with Gasteiger partial charge in [0.2, 0.25) is 0 Å². The van der Waals surface area contributed by atoms with E-state index in [0.29, 0.717) is 11.4 Å². The van der Waals surface area contributed by atoms with E-state index in [0.717, 1.165) is 11.0 Å². The van der Waals surface area contributed by atoms with Gasteiger partial charge in [-0.05, 0) is 42.7 Å². The first-order chi connectivity index (χ1) is 10.9. The average molecular weight is 415 g/mol. The summed E-state index contributed by atoms with van der Waals surface area (Å²) in [5.74, 6) is 0.156. The highest BCUT2D eigenvalue weighted by Gasteiger charge is 2.17. The Morgan fingerprint density at radius 1 is 1.04 bits per heavy atom. The van der Waals surface area contributed by atoms with E-state index >= 15 is 0 Å². The predicted molar refractivity (Wildman–Crippen MR) is 99.9 cm³/mol. The van der Waals surface area contributed by atoms with Crippen molar-refractivity contribution in [2.75, 3.05) is 25.6 Å². The van der Waals surface area contributed by atoms with Gasteiger partial charge in [-0.1, -0.05) is 28.1 Å². The van der Waals surface area contributed by atoms with E-state index < -0.39 is 9.84 Å². The summed E-state index contributed by atoms with van der Waals surface area (Å²) in [4.78, 5) is 2.81. The van der Waals surface area contributed by atoms with E-state index in [4.69, 9.17) is 0 Å². The molecule has 0 aromatic heterocycles. The topological polar surface area (TPSA) is 38.6 Å². The maximum Gasteiger partial charge on any atom is 0.183 e. The van der Waals surface area contributed by atoms with E-state index in [2.05, 4.69) is 46.5 Å². The van der Waals surface area contributed by atoms with Crippen LogP contribution in [0, 0.1) is 0 Å². The van der Waals surface area contributed by atoms with Crippen molar-refractivity contribution in [3.05, 3.63) is 58.6 Å². The monoisotopic (exact) mass is 414 g/mol. The Kier molecular flexibility index (Phi) is 6.71. The smallest absolute Gasteiger partial charge is 0.183 e. The van der Waals surface area contributed by atoms with Crippen LogP contribution in [0.5, 0.6) is 0 Å². The summed E-state index contributed by atoms with van der Waals surface area (Å²) in [6.45, 7) is 1.41. The quantitative estimate of drug-likeness (QED) is 0.707. The molecule has 0 spiro atoms. The first kappa shape index (κ1) is 18.5. The number of nitrogens with one attached hydrogen (secondary N) is 1. The molecule has 1 unspecified atom stereocenters. The molecule has 6 heteroatoms. The first-order valence-corrected chi connectivity index (χ1v) is 11.0. The second kappa shape index (κ2) is 8.33. The Labute approximate surface area is 151 Å². The lowest BCUT2D eigenvalue weighted by molar-refractivity contribution is -0.891. The van der Waals surface area contributed by atoms with Gasteiger partial charge in [0, 0.05) is 14.9 Å². The minimum atomic E-state index is -3.22. The third-order valence-corrected chi connectivity index (χ3v) is 6.64. The van der Waals surface area contributed by atoms with Crippen LogP contribution in [0.4, 0.5) is 0 Å². The van der Waals surface area contributed by atoms with Crippen LogP contribution in [-0.2, 0) is 16.4 Å². The predicted octanol–water partition coefficient (Wildman–Crippen LogP) is 2.66. The Morgan fingerprint density at radius 2 is 1.65 bits per heavy atom. The van der Waals surface area contributed by atoms with Crippen molar-refractivity contribution in [3.8, 4) is 0 Å². The molecule has 1 atom stereocenters. The molecule has 0 aliphatic carbocycles. The minimum absolute atomic E-state index is 0.156. The maximum atomic E-state index is 12.4. The highest BCUT2D eigenvalue weighted by atomic mass is 79.9. The van der Waals surface area contributed by atoms with E-state index in [-0.39, 0.29) is 5.75 Å². The largest absolute Gasteiger partial charge is 0.333 e. The van der Waals surface area contributed by atoms with Gasteiger partial charge < -0.3 is 4.90 Å². The molecular formula is C17H21BrNO2S2+. The zero-order chi connectivity index (χ0) is 16.9. The molecule has 0 radical (unpaired) electrons. The van der Waals surface area contributed by atoms with Gasteiger partial charge in [-0.25, -0.2) is 8.42 Å². The molecule has 0 saturated carbocycles. The van der Waals surface area contributed by atoms with Gasteiger partial charge >= 0.3 is 0 Å². The molecule has 23 heavy (non-hydrogen) atoms. The summed E-state index contributed by atoms with van der Waals surface area (Å²) in [6.07, 6.45) is 2.05. The summed E-state index contributed by atoms with van der Waals surface area (Å²) in [6, 6.07) is 15.2.